The van der Waals surface area contributed by atoms with E-state index in [1.807, 2.05) is 13.0 Å². The van der Waals surface area contributed by atoms with E-state index in [9.17, 15) is 9.90 Å². The molecule has 0 radical (unpaired) electrons. The lowest BCUT2D eigenvalue weighted by molar-refractivity contribution is -0.139. The summed E-state index contributed by atoms with van der Waals surface area (Å²) in [6, 6.07) is 5.26. The van der Waals surface area contributed by atoms with Crippen LogP contribution in [0.15, 0.2) is 18.2 Å². The molecule has 0 aliphatic rings. The summed E-state index contributed by atoms with van der Waals surface area (Å²) < 4.78 is 5.08. The van der Waals surface area contributed by atoms with Gasteiger partial charge in [0, 0.05) is 5.56 Å². The Morgan fingerprint density at radius 3 is 2.73 bits per heavy atom. The minimum absolute atomic E-state index is 0.320. The number of aliphatic hydroxyl groups excluding tert-OH is 1. The normalized spacial score (nSPS) is 12.2. The van der Waals surface area contributed by atoms with Crippen LogP contribution in [0.25, 0.3) is 0 Å². The summed E-state index contributed by atoms with van der Waals surface area (Å²) in [5.74, 6) is -0.520. The molecule has 0 amide bonds. The summed E-state index contributed by atoms with van der Waals surface area (Å²) in [4.78, 5) is 10.4. The van der Waals surface area contributed by atoms with Crippen LogP contribution >= 0.6 is 0 Å². The van der Waals surface area contributed by atoms with Crippen LogP contribution in [-0.4, -0.2) is 23.3 Å². The van der Waals surface area contributed by atoms with Gasteiger partial charge in [0.2, 0.25) is 0 Å². The van der Waals surface area contributed by atoms with Gasteiger partial charge in [-0.25, -0.2) is 0 Å². The van der Waals surface area contributed by atoms with E-state index in [1.54, 1.807) is 12.1 Å². The second-order valence-electron chi connectivity index (χ2n) is 3.36. The number of aliphatic carboxylic acids is 1. The van der Waals surface area contributed by atoms with Crippen molar-refractivity contribution in [2.75, 3.05) is 7.11 Å². The Morgan fingerprint density at radius 2 is 2.20 bits per heavy atom. The molecular weight excluding hydrogens is 196 g/mol. The molecular formula is C11H14O4. The molecule has 0 aliphatic heterocycles. The van der Waals surface area contributed by atoms with Gasteiger partial charge >= 0.3 is 5.97 Å². The second-order valence-corrected chi connectivity index (χ2v) is 3.36. The van der Waals surface area contributed by atoms with Crippen molar-refractivity contribution < 1.29 is 19.7 Å². The standard InChI is InChI=1S/C11H14O4/c1-7-3-4-8(10(5-7)15-2)9(12)6-11(13)14/h3-5,9,12H,6H2,1-2H3,(H,13,14). The van der Waals surface area contributed by atoms with E-state index < -0.39 is 12.1 Å². The average molecular weight is 210 g/mol. The molecule has 0 aliphatic carbocycles. The number of benzene rings is 1. The third-order valence-corrected chi connectivity index (χ3v) is 2.12. The minimum atomic E-state index is -1.04. The van der Waals surface area contributed by atoms with Crippen LogP contribution in [0.3, 0.4) is 0 Å². The Morgan fingerprint density at radius 1 is 1.53 bits per heavy atom. The fraction of sp³-hybridized carbons (Fsp3) is 0.364. The quantitative estimate of drug-likeness (QED) is 0.790. The van der Waals surface area contributed by atoms with Gasteiger partial charge in [0.25, 0.3) is 0 Å². The van der Waals surface area contributed by atoms with Gasteiger partial charge in [-0.1, -0.05) is 12.1 Å². The molecule has 1 aromatic carbocycles. The number of hydrogen-bond donors (Lipinski definition) is 2. The third-order valence-electron chi connectivity index (χ3n) is 2.12. The number of aliphatic hydroxyl groups is 1. The molecule has 4 nitrogen and oxygen atoms in total. The molecule has 0 fully saturated rings. The molecule has 2 N–H and O–H groups in total. The van der Waals surface area contributed by atoms with Crippen molar-refractivity contribution in [2.45, 2.75) is 19.4 Å². The first-order chi connectivity index (χ1) is 7.04. The van der Waals surface area contributed by atoms with Gasteiger partial charge in [-0.3, -0.25) is 4.79 Å². The molecule has 82 valence electrons. The van der Waals surface area contributed by atoms with Gasteiger partial charge in [-0.05, 0) is 18.6 Å². The van der Waals surface area contributed by atoms with E-state index in [0.717, 1.165) is 5.56 Å². The number of carboxylic acids is 1. The van der Waals surface area contributed by atoms with Gasteiger partial charge in [-0.2, -0.15) is 0 Å². The van der Waals surface area contributed by atoms with E-state index in [2.05, 4.69) is 0 Å². The van der Waals surface area contributed by atoms with Crippen molar-refractivity contribution in [1.82, 2.24) is 0 Å². The summed E-state index contributed by atoms with van der Waals surface area (Å²) in [5, 5.41) is 18.2. The van der Waals surface area contributed by atoms with Crippen LogP contribution in [0, 0.1) is 6.92 Å². The first-order valence-electron chi connectivity index (χ1n) is 4.59. The SMILES string of the molecule is COc1cc(C)ccc1C(O)CC(=O)O. The molecule has 1 aromatic rings. The lowest BCUT2D eigenvalue weighted by Crippen LogP contribution is -2.07. The molecule has 4 heteroatoms. The highest BCUT2D eigenvalue weighted by Gasteiger charge is 2.16. The van der Waals surface area contributed by atoms with Crippen LogP contribution < -0.4 is 4.74 Å². The first-order valence-corrected chi connectivity index (χ1v) is 4.59. The number of carboxylic acid groups (broad SMARTS) is 1. The Labute approximate surface area is 88.1 Å². The summed E-state index contributed by atoms with van der Waals surface area (Å²) in [6.45, 7) is 1.90. The summed E-state index contributed by atoms with van der Waals surface area (Å²) in [7, 11) is 1.49. The van der Waals surface area contributed by atoms with Crippen LogP contribution in [-0.2, 0) is 4.79 Å². The lowest BCUT2D eigenvalue weighted by atomic mass is 10.0. The van der Waals surface area contributed by atoms with Crippen LogP contribution in [0.5, 0.6) is 5.75 Å². The predicted molar refractivity (Wildman–Crippen MR) is 54.9 cm³/mol. The minimum Gasteiger partial charge on any atom is -0.496 e. The van der Waals surface area contributed by atoms with Crippen molar-refractivity contribution in [1.29, 1.82) is 0 Å². The summed E-state index contributed by atoms with van der Waals surface area (Å²) >= 11 is 0. The molecule has 0 aromatic heterocycles. The van der Waals surface area contributed by atoms with Crippen LogP contribution in [0.4, 0.5) is 0 Å². The van der Waals surface area contributed by atoms with Crippen molar-refractivity contribution in [3.63, 3.8) is 0 Å². The Hall–Kier alpha value is -1.55. The fourth-order valence-electron chi connectivity index (χ4n) is 1.37. The zero-order chi connectivity index (χ0) is 11.4. The topological polar surface area (TPSA) is 66.8 Å². The monoisotopic (exact) mass is 210 g/mol. The highest BCUT2D eigenvalue weighted by atomic mass is 16.5. The fourth-order valence-corrected chi connectivity index (χ4v) is 1.37. The largest absolute Gasteiger partial charge is 0.496 e. The molecule has 0 heterocycles. The molecule has 1 rings (SSSR count). The highest BCUT2D eigenvalue weighted by Crippen LogP contribution is 2.27. The van der Waals surface area contributed by atoms with Gasteiger partial charge in [0.15, 0.2) is 0 Å². The van der Waals surface area contributed by atoms with Crippen molar-refractivity contribution in [3.8, 4) is 5.75 Å². The van der Waals surface area contributed by atoms with Crippen molar-refractivity contribution in [3.05, 3.63) is 29.3 Å². The highest BCUT2D eigenvalue weighted by molar-refractivity contribution is 5.68. The van der Waals surface area contributed by atoms with Crippen LogP contribution in [0.2, 0.25) is 0 Å². The Kier molecular flexibility index (Phi) is 3.68. The molecule has 0 bridgehead atoms. The van der Waals surface area contributed by atoms with Gasteiger partial charge in [0.05, 0.1) is 19.6 Å². The maximum Gasteiger partial charge on any atom is 0.306 e. The molecule has 1 atom stereocenters. The predicted octanol–water partition coefficient (Wildman–Crippen LogP) is 1.51. The van der Waals surface area contributed by atoms with Crippen LogP contribution in [0.1, 0.15) is 23.7 Å². The molecule has 1 unspecified atom stereocenters. The van der Waals surface area contributed by atoms with E-state index in [4.69, 9.17) is 9.84 Å². The van der Waals surface area contributed by atoms with E-state index in [0.29, 0.717) is 11.3 Å². The molecule has 0 saturated heterocycles. The van der Waals surface area contributed by atoms with Gasteiger partial charge in [0.1, 0.15) is 5.75 Å². The van der Waals surface area contributed by atoms with Crippen molar-refractivity contribution in [2.24, 2.45) is 0 Å². The van der Waals surface area contributed by atoms with E-state index in [1.165, 1.54) is 7.11 Å². The summed E-state index contributed by atoms with van der Waals surface area (Å²) in [6.07, 6.45) is -1.35. The number of carbonyl (C=O) groups is 1. The number of aryl methyl sites for hydroxylation is 1. The Bertz CT molecular complexity index is 360. The zero-order valence-corrected chi connectivity index (χ0v) is 8.73. The maximum absolute atomic E-state index is 10.4. The lowest BCUT2D eigenvalue weighted by Gasteiger charge is -2.13. The first kappa shape index (κ1) is 11.5. The second kappa shape index (κ2) is 4.79. The number of ether oxygens (including phenoxy) is 1. The average Bonchev–Trinajstić information content (AvgIpc) is 2.16. The molecule has 15 heavy (non-hydrogen) atoms. The van der Waals surface area contributed by atoms with E-state index >= 15 is 0 Å². The number of methoxy groups -OCH3 is 1. The van der Waals surface area contributed by atoms with Gasteiger partial charge in [-0.15, -0.1) is 0 Å². The Balaban J connectivity index is 2.97. The maximum atomic E-state index is 10.4. The number of hydrogen-bond acceptors (Lipinski definition) is 3. The molecule has 0 saturated carbocycles. The zero-order valence-electron chi connectivity index (χ0n) is 8.73. The third kappa shape index (κ3) is 2.95. The smallest absolute Gasteiger partial charge is 0.306 e. The van der Waals surface area contributed by atoms with Crippen molar-refractivity contribution >= 4 is 5.97 Å². The summed E-state index contributed by atoms with van der Waals surface area (Å²) in [5.41, 5.74) is 1.50. The van der Waals surface area contributed by atoms with Gasteiger partial charge < -0.3 is 14.9 Å². The van der Waals surface area contributed by atoms with E-state index in [-0.39, 0.29) is 6.42 Å². The molecule has 0 spiro atoms. The number of rotatable bonds is 4.